The molecule has 0 spiro atoms. The third kappa shape index (κ3) is 5.07. The van der Waals surface area contributed by atoms with E-state index in [4.69, 9.17) is 0 Å². The summed E-state index contributed by atoms with van der Waals surface area (Å²) in [4.78, 5) is 13.7. The fourth-order valence-electron chi connectivity index (χ4n) is 2.07. The predicted octanol–water partition coefficient (Wildman–Crippen LogP) is 3.39. The molecule has 0 saturated heterocycles. The van der Waals surface area contributed by atoms with Crippen LogP contribution in [-0.4, -0.2) is 34.6 Å². The lowest BCUT2D eigenvalue weighted by atomic mass is 9.90. The molecule has 0 saturated carbocycles. The molecule has 0 aromatic carbocycles. The highest BCUT2D eigenvalue weighted by molar-refractivity contribution is 5.78. The van der Waals surface area contributed by atoms with E-state index in [-0.39, 0.29) is 0 Å². The maximum Gasteiger partial charge on any atom is 0.323 e. The van der Waals surface area contributed by atoms with Gasteiger partial charge in [-0.25, -0.2) is 0 Å². The van der Waals surface area contributed by atoms with Gasteiger partial charge in [-0.15, -0.1) is 0 Å². The average Bonchev–Trinajstić information content (AvgIpc) is 2.27. The minimum atomic E-state index is -0.700. The quantitative estimate of drug-likeness (QED) is 0.675. The third-order valence-corrected chi connectivity index (χ3v) is 3.53. The second-order valence-electron chi connectivity index (χ2n) is 5.44. The number of carboxylic acids is 1. The summed E-state index contributed by atoms with van der Waals surface area (Å²) in [6.45, 7) is 12.0. The van der Waals surface area contributed by atoms with Crippen LogP contribution in [-0.2, 0) is 4.79 Å². The molecule has 3 heteroatoms. The molecule has 0 aliphatic heterocycles. The first-order chi connectivity index (χ1) is 7.88. The van der Waals surface area contributed by atoms with Crippen LogP contribution >= 0.6 is 0 Å². The van der Waals surface area contributed by atoms with Gasteiger partial charge in [0.05, 0.1) is 0 Å². The van der Waals surface area contributed by atoms with Crippen molar-refractivity contribution in [2.45, 2.75) is 65.8 Å². The third-order valence-electron chi connectivity index (χ3n) is 3.53. The normalized spacial score (nSPS) is 15.2. The smallest absolute Gasteiger partial charge is 0.323 e. The highest BCUT2D eigenvalue weighted by Crippen LogP contribution is 2.24. The molecular formula is C14H29NO2. The molecule has 0 aromatic rings. The van der Waals surface area contributed by atoms with Gasteiger partial charge in [-0.3, -0.25) is 9.69 Å². The molecule has 0 fully saturated rings. The Kier molecular flexibility index (Phi) is 7.44. The molecule has 0 bridgehead atoms. The standard InChI is InChI=1S/C14H29NO2/c1-6-8-11-15(7-2)14(5,13(16)17)10-9-12(3)4/h12H,6-11H2,1-5H3,(H,16,17). The van der Waals surface area contributed by atoms with Crippen LogP contribution in [0.4, 0.5) is 0 Å². The minimum absolute atomic E-state index is 0.554. The highest BCUT2D eigenvalue weighted by atomic mass is 16.4. The van der Waals surface area contributed by atoms with Crippen LogP contribution in [0.25, 0.3) is 0 Å². The Balaban J connectivity index is 4.69. The van der Waals surface area contributed by atoms with E-state index in [1.807, 2.05) is 13.8 Å². The number of carbonyl (C=O) groups is 1. The van der Waals surface area contributed by atoms with Gasteiger partial charge in [-0.1, -0.05) is 34.1 Å². The SMILES string of the molecule is CCCCN(CC)C(C)(CCC(C)C)C(=O)O. The largest absolute Gasteiger partial charge is 0.480 e. The zero-order valence-electron chi connectivity index (χ0n) is 12.1. The van der Waals surface area contributed by atoms with Crippen molar-refractivity contribution in [3.8, 4) is 0 Å². The lowest BCUT2D eigenvalue weighted by Crippen LogP contribution is -2.52. The van der Waals surface area contributed by atoms with Crippen molar-refractivity contribution < 1.29 is 9.90 Å². The summed E-state index contributed by atoms with van der Waals surface area (Å²) in [6.07, 6.45) is 3.87. The summed E-state index contributed by atoms with van der Waals surface area (Å²) >= 11 is 0. The summed E-state index contributed by atoms with van der Waals surface area (Å²) in [6, 6.07) is 0. The van der Waals surface area contributed by atoms with Gasteiger partial charge in [0, 0.05) is 0 Å². The fourth-order valence-corrected chi connectivity index (χ4v) is 2.07. The van der Waals surface area contributed by atoms with Crippen molar-refractivity contribution >= 4 is 5.97 Å². The van der Waals surface area contributed by atoms with Crippen molar-refractivity contribution in [2.75, 3.05) is 13.1 Å². The first-order valence-corrected chi connectivity index (χ1v) is 6.86. The van der Waals surface area contributed by atoms with Crippen LogP contribution in [0, 0.1) is 5.92 Å². The van der Waals surface area contributed by atoms with Gasteiger partial charge in [-0.2, -0.15) is 0 Å². The van der Waals surface area contributed by atoms with E-state index < -0.39 is 11.5 Å². The Bertz CT molecular complexity index is 228. The monoisotopic (exact) mass is 243 g/mol. The summed E-state index contributed by atoms with van der Waals surface area (Å²) in [5, 5.41) is 9.50. The number of rotatable bonds is 9. The maximum atomic E-state index is 11.6. The fraction of sp³-hybridized carbons (Fsp3) is 0.929. The molecule has 3 nitrogen and oxygen atoms in total. The van der Waals surface area contributed by atoms with Crippen LogP contribution in [0.2, 0.25) is 0 Å². The van der Waals surface area contributed by atoms with Gasteiger partial charge >= 0.3 is 5.97 Å². The Morgan fingerprint density at radius 1 is 1.35 bits per heavy atom. The summed E-state index contributed by atoms with van der Waals surface area (Å²) in [5.41, 5.74) is -0.700. The Labute approximate surface area is 106 Å². The predicted molar refractivity (Wildman–Crippen MR) is 72.3 cm³/mol. The second-order valence-corrected chi connectivity index (χ2v) is 5.44. The first kappa shape index (κ1) is 16.4. The number of likely N-dealkylation sites (N-methyl/N-ethyl adjacent to an activating group) is 1. The van der Waals surface area contributed by atoms with E-state index >= 15 is 0 Å². The molecule has 0 aliphatic carbocycles. The zero-order valence-corrected chi connectivity index (χ0v) is 12.1. The van der Waals surface area contributed by atoms with Crippen LogP contribution in [0.1, 0.15) is 60.3 Å². The van der Waals surface area contributed by atoms with Crippen molar-refractivity contribution in [3.05, 3.63) is 0 Å². The Morgan fingerprint density at radius 2 is 1.94 bits per heavy atom. The van der Waals surface area contributed by atoms with Crippen molar-refractivity contribution in [1.29, 1.82) is 0 Å². The van der Waals surface area contributed by atoms with Gasteiger partial charge < -0.3 is 5.11 Å². The maximum absolute atomic E-state index is 11.6. The molecule has 0 rings (SSSR count). The van der Waals surface area contributed by atoms with E-state index in [2.05, 4.69) is 25.7 Å². The molecule has 0 aliphatic rings. The molecule has 0 aromatic heterocycles. The van der Waals surface area contributed by atoms with Gasteiger partial charge in [0.25, 0.3) is 0 Å². The van der Waals surface area contributed by atoms with Crippen molar-refractivity contribution in [3.63, 3.8) is 0 Å². The van der Waals surface area contributed by atoms with Crippen LogP contribution in [0.5, 0.6) is 0 Å². The minimum Gasteiger partial charge on any atom is -0.480 e. The molecule has 1 unspecified atom stereocenters. The number of unbranched alkanes of at least 4 members (excludes halogenated alkanes) is 1. The highest BCUT2D eigenvalue weighted by Gasteiger charge is 2.37. The number of hydrogen-bond donors (Lipinski definition) is 1. The van der Waals surface area contributed by atoms with E-state index in [1.54, 1.807) is 0 Å². The molecule has 102 valence electrons. The zero-order chi connectivity index (χ0) is 13.5. The van der Waals surface area contributed by atoms with Gasteiger partial charge in [0.1, 0.15) is 5.54 Å². The molecule has 1 atom stereocenters. The van der Waals surface area contributed by atoms with Gasteiger partial charge in [-0.05, 0) is 45.2 Å². The van der Waals surface area contributed by atoms with Crippen LogP contribution in [0.15, 0.2) is 0 Å². The molecular weight excluding hydrogens is 214 g/mol. The van der Waals surface area contributed by atoms with E-state index in [0.29, 0.717) is 5.92 Å². The van der Waals surface area contributed by atoms with Crippen molar-refractivity contribution in [1.82, 2.24) is 4.90 Å². The Morgan fingerprint density at radius 3 is 2.29 bits per heavy atom. The van der Waals surface area contributed by atoms with E-state index in [1.165, 1.54) is 0 Å². The molecule has 0 heterocycles. The van der Waals surface area contributed by atoms with Gasteiger partial charge in [0.2, 0.25) is 0 Å². The van der Waals surface area contributed by atoms with Gasteiger partial charge in [0.15, 0.2) is 0 Å². The molecule has 17 heavy (non-hydrogen) atoms. The van der Waals surface area contributed by atoms with Crippen LogP contribution in [0.3, 0.4) is 0 Å². The number of hydrogen-bond acceptors (Lipinski definition) is 2. The summed E-state index contributed by atoms with van der Waals surface area (Å²) < 4.78 is 0. The van der Waals surface area contributed by atoms with Crippen LogP contribution < -0.4 is 0 Å². The number of aliphatic carboxylic acids is 1. The average molecular weight is 243 g/mol. The molecule has 0 radical (unpaired) electrons. The summed E-state index contributed by atoms with van der Waals surface area (Å²) in [5.74, 6) is -0.130. The first-order valence-electron chi connectivity index (χ1n) is 6.86. The lowest BCUT2D eigenvalue weighted by Gasteiger charge is -2.38. The van der Waals surface area contributed by atoms with Crippen molar-refractivity contribution in [2.24, 2.45) is 5.92 Å². The second kappa shape index (κ2) is 7.70. The Hall–Kier alpha value is -0.570. The number of nitrogens with zero attached hydrogens (tertiary/aromatic N) is 1. The topological polar surface area (TPSA) is 40.5 Å². The van der Waals surface area contributed by atoms with E-state index in [9.17, 15) is 9.90 Å². The molecule has 1 N–H and O–H groups in total. The number of carboxylic acid groups (broad SMARTS) is 1. The lowest BCUT2D eigenvalue weighted by molar-refractivity contribution is -0.151. The molecule has 0 amide bonds. The van der Waals surface area contributed by atoms with E-state index in [0.717, 1.165) is 38.8 Å². The summed E-state index contributed by atoms with van der Waals surface area (Å²) in [7, 11) is 0.